The topological polar surface area (TPSA) is 13.1 Å². The van der Waals surface area contributed by atoms with Gasteiger partial charge in [-0.05, 0) is 28.1 Å². The molecule has 0 aliphatic carbocycles. The summed E-state index contributed by atoms with van der Waals surface area (Å²) in [5.41, 5.74) is 0.803. The average Bonchev–Trinajstić information content (AvgIpc) is 2.35. The van der Waals surface area contributed by atoms with Gasteiger partial charge in [-0.1, -0.05) is 17.7 Å². The van der Waals surface area contributed by atoms with Crippen LogP contribution in [-0.4, -0.2) is 0 Å². The van der Waals surface area contributed by atoms with Crippen molar-refractivity contribution in [3.63, 3.8) is 0 Å². The van der Waals surface area contributed by atoms with Crippen LogP contribution >= 0.6 is 27.5 Å². The van der Waals surface area contributed by atoms with Gasteiger partial charge < -0.3 is 4.42 Å². The van der Waals surface area contributed by atoms with Crippen molar-refractivity contribution in [3.8, 4) is 0 Å². The predicted octanol–water partition coefficient (Wildman–Crippen LogP) is 3.85. The Balaban J connectivity index is 2.94. The highest BCUT2D eigenvalue weighted by Gasteiger charge is 2.04. The van der Waals surface area contributed by atoms with Gasteiger partial charge in [-0.15, -0.1) is 0 Å². The van der Waals surface area contributed by atoms with Crippen molar-refractivity contribution < 1.29 is 4.42 Å². The summed E-state index contributed by atoms with van der Waals surface area (Å²) >= 11 is 9.19. The van der Waals surface area contributed by atoms with Gasteiger partial charge in [-0.25, -0.2) is 0 Å². The highest BCUT2D eigenvalue weighted by molar-refractivity contribution is 9.10. The number of hydrogen-bond donors (Lipinski definition) is 0. The van der Waals surface area contributed by atoms with Crippen LogP contribution in [0.1, 0.15) is 0 Å². The SMILES string of the molecule is Clc1coc2c(Br)cccc12. The van der Waals surface area contributed by atoms with Gasteiger partial charge >= 0.3 is 0 Å². The van der Waals surface area contributed by atoms with Gasteiger partial charge in [-0.2, -0.15) is 0 Å². The van der Waals surface area contributed by atoms with E-state index < -0.39 is 0 Å². The molecule has 1 heterocycles. The van der Waals surface area contributed by atoms with Crippen molar-refractivity contribution in [2.24, 2.45) is 0 Å². The Morgan fingerprint density at radius 1 is 1.36 bits per heavy atom. The Hall–Kier alpha value is -0.470. The van der Waals surface area contributed by atoms with E-state index in [9.17, 15) is 0 Å². The maximum atomic E-state index is 5.83. The molecule has 0 amide bonds. The average molecular weight is 231 g/mol. The largest absolute Gasteiger partial charge is 0.462 e. The van der Waals surface area contributed by atoms with E-state index in [1.807, 2.05) is 18.2 Å². The van der Waals surface area contributed by atoms with E-state index in [0.29, 0.717) is 5.02 Å². The van der Waals surface area contributed by atoms with Crippen LogP contribution < -0.4 is 0 Å². The molecule has 0 spiro atoms. The number of para-hydroxylation sites is 1. The van der Waals surface area contributed by atoms with Crippen molar-refractivity contribution in [2.75, 3.05) is 0 Å². The summed E-state index contributed by atoms with van der Waals surface area (Å²) < 4.78 is 6.13. The molecule has 0 radical (unpaired) electrons. The molecule has 0 saturated heterocycles. The van der Waals surface area contributed by atoms with E-state index >= 15 is 0 Å². The fourth-order valence-electron chi connectivity index (χ4n) is 0.991. The van der Waals surface area contributed by atoms with Crippen LogP contribution in [0.3, 0.4) is 0 Å². The quantitative estimate of drug-likeness (QED) is 0.671. The molecule has 0 atom stereocenters. The predicted molar refractivity (Wildman–Crippen MR) is 48.9 cm³/mol. The zero-order valence-electron chi connectivity index (χ0n) is 5.47. The molecule has 0 N–H and O–H groups in total. The minimum Gasteiger partial charge on any atom is -0.462 e. The second-order valence-corrected chi connectivity index (χ2v) is 3.46. The molecule has 1 nitrogen and oxygen atoms in total. The van der Waals surface area contributed by atoms with E-state index in [1.165, 1.54) is 6.26 Å². The number of hydrogen-bond acceptors (Lipinski definition) is 1. The summed E-state index contributed by atoms with van der Waals surface area (Å²) in [6.45, 7) is 0. The molecule has 1 aromatic heterocycles. The van der Waals surface area contributed by atoms with Gasteiger partial charge in [0.15, 0.2) is 0 Å². The number of halogens is 2. The lowest BCUT2D eigenvalue weighted by atomic mass is 10.3. The Morgan fingerprint density at radius 2 is 2.18 bits per heavy atom. The third-order valence-electron chi connectivity index (χ3n) is 1.50. The lowest BCUT2D eigenvalue weighted by molar-refractivity contribution is 0.614. The minimum atomic E-state index is 0.654. The number of rotatable bonds is 0. The zero-order chi connectivity index (χ0) is 7.84. The smallest absolute Gasteiger partial charge is 0.149 e. The highest BCUT2D eigenvalue weighted by Crippen LogP contribution is 2.30. The van der Waals surface area contributed by atoms with Crippen LogP contribution in [0.2, 0.25) is 5.02 Å². The first-order chi connectivity index (χ1) is 5.29. The van der Waals surface area contributed by atoms with Crippen LogP contribution in [0.25, 0.3) is 11.0 Å². The van der Waals surface area contributed by atoms with E-state index in [-0.39, 0.29) is 0 Å². The third-order valence-corrected chi connectivity index (χ3v) is 2.42. The molecule has 0 unspecified atom stereocenters. The van der Waals surface area contributed by atoms with Crippen LogP contribution in [0, 0.1) is 0 Å². The standard InChI is InChI=1S/C8H4BrClO/c9-6-3-1-2-5-7(10)4-11-8(5)6/h1-4H. The molecule has 11 heavy (non-hydrogen) atoms. The normalized spacial score (nSPS) is 10.7. The molecule has 0 aliphatic rings. The molecule has 0 fully saturated rings. The first-order valence-electron chi connectivity index (χ1n) is 3.10. The van der Waals surface area contributed by atoms with Crippen molar-refractivity contribution in [3.05, 3.63) is 34.0 Å². The molecule has 0 bridgehead atoms. The van der Waals surface area contributed by atoms with Crippen LogP contribution in [-0.2, 0) is 0 Å². The highest BCUT2D eigenvalue weighted by atomic mass is 79.9. The van der Waals surface area contributed by atoms with Gasteiger partial charge in [-0.3, -0.25) is 0 Å². The van der Waals surface area contributed by atoms with E-state index in [1.54, 1.807) is 0 Å². The number of benzene rings is 1. The minimum absolute atomic E-state index is 0.654. The summed E-state index contributed by atoms with van der Waals surface area (Å²) in [5, 5.41) is 1.60. The van der Waals surface area contributed by atoms with Crippen LogP contribution in [0.5, 0.6) is 0 Å². The molecule has 0 saturated carbocycles. The molecular formula is C8H4BrClO. The third kappa shape index (κ3) is 1.06. The summed E-state index contributed by atoms with van der Waals surface area (Å²) in [4.78, 5) is 0. The van der Waals surface area contributed by atoms with Crippen molar-refractivity contribution in [1.29, 1.82) is 0 Å². The molecule has 1 aromatic carbocycles. The first kappa shape index (κ1) is 7.19. The van der Waals surface area contributed by atoms with Crippen molar-refractivity contribution in [2.45, 2.75) is 0 Å². The Bertz CT molecular complexity index is 394. The summed E-state index contributed by atoms with van der Waals surface area (Å²) in [5.74, 6) is 0. The van der Waals surface area contributed by atoms with Gasteiger partial charge in [0.05, 0.1) is 9.50 Å². The maximum absolute atomic E-state index is 5.83. The zero-order valence-corrected chi connectivity index (χ0v) is 7.82. The van der Waals surface area contributed by atoms with E-state index in [4.69, 9.17) is 16.0 Å². The van der Waals surface area contributed by atoms with Gasteiger partial charge in [0, 0.05) is 5.39 Å². The molecule has 0 aliphatic heterocycles. The maximum Gasteiger partial charge on any atom is 0.149 e. The molecule has 2 rings (SSSR count). The van der Waals surface area contributed by atoms with E-state index in [0.717, 1.165) is 15.4 Å². The Kier molecular flexibility index (Phi) is 1.66. The van der Waals surface area contributed by atoms with Gasteiger partial charge in [0.25, 0.3) is 0 Å². The molecule has 3 heteroatoms. The summed E-state index contributed by atoms with van der Waals surface area (Å²) in [6.07, 6.45) is 1.54. The second kappa shape index (κ2) is 2.54. The van der Waals surface area contributed by atoms with Crippen molar-refractivity contribution >= 4 is 38.5 Å². The fraction of sp³-hybridized carbons (Fsp3) is 0. The molecule has 56 valence electrons. The number of furan rings is 1. The van der Waals surface area contributed by atoms with Crippen LogP contribution in [0.4, 0.5) is 0 Å². The monoisotopic (exact) mass is 230 g/mol. The van der Waals surface area contributed by atoms with E-state index in [2.05, 4.69) is 15.9 Å². The number of fused-ring (bicyclic) bond motifs is 1. The Morgan fingerprint density at radius 3 is 2.91 bits per heavy atom. The van der Waals surface area contributed by atoms with Gasteiger partial charge in [0.1, 0.15) is 11.8 Å². The van der Waals surface area contributed by atoms with Crippen LogP contribution in [0.15, 0.2) is 33.4 Å². The summed E-state index contributed by atoms with van der Waals surface area (Å²) in [7, 11) is 0. The lowest BCUT2D eigenvalue weighted by Crippen LogP contribution is -1.65. The molecular weight excluding hydrogens is 227 g/mol. The van der Waals surface area contributed by atoms with Gasteiger partial charge in [0.2, 0.25) is 0 Å². The Labute approximate surface area is 77.1 Å². The van der Waals surface area contributed by atoms with Crippen molar-refractivity contribution in [1.82, 2.24) is 0 Å². The summed E-state index contributed by atoms with van der Waals surface area (Å²) in [6, 6.07) is 5.77. The first-order valence-corrected chi connectivity index (χ1v) is 4.27. The lowest BCUT2D eigenvalue weighted by Gasteiger charge is -1.89. The second-order valence-electron chi connectivity index (χ2n) is 2.20. The molecule has 2 aromatic rings. The fourth-order valence-corrected chi connectivity index (χ4v) is 1.64.